The minimum absolute atomic E-state index is 0.160. The maximum absolute atomic E-state index is 12.7. The van der Waals surface area contributed by atoms with Crippen LogP contribution in [0.2, 0.25) is 0 Å². The molecule has 4 aromatic heterocycles. The summed E-state index contributed by atoms with van der Waals surface area (Å²) in [4.78, 5) is 21.5. The molecule has 0 aromatic carbocycles. The van der Waals surface area contributed by atoms with Crippen LogP contribution in [0, 0.1) is 0 Å². The molecule has 8 heteroatoms. The smallest absolute Gasteiger partial charge is 0.279 e. The quantitative estimate of drug-likeness (QED) is 0.516. The maximum atomic E-state index is 12.7. The van der Waals surface area contributed by atoms with E-state index < -0.39 is 0 Å². The number of rotatable bonds is 5. The van der Waals surface area contributed by atoms with Crippen LogP contribution in [0.5, 0.6) is 11.6 Å². The fourth-order valence-corrected chi connectivity index (χ4v) is 3.14. The van der Waals surface area contributed by atoms with Crippen molar-refractivity contribution in [3.05, 3.63) is 59.3 Å². The van der Waals surface area contributed by atoms with E-state index in [9.17, 15) is 4.79 Å². The number of hydrogen-bond donors (Lipinski definition) is 0. The van der Waals surface area contributed by atoms with Gasteiger partial charge in [0.25, 0.3) is 5.56 Å². The van der Waals surface area contributed by atoms with Crippen molar-refractivity contribution in [2.24, 2.45) is 7.05 Å². The Morgan fingerprint density at radius 2 is 1.79 bits per heavy atom. The van der Waals surface area contributed by atoms with Gasteiger partial charge in [-0.3, -0.25) is 23.4 Å². The first-order chi connectivity index (χ1) is 13.8. The lowest BCUT2D eigenvalue weighted by molar-refractivity contribution is 0.429. The third-order valence-corrected chi connectivity index (χ3v) is 4.82. The number of hydrogen-bond acceptors (Lipinski definition) is 5. The second kappa shape index (κ2) is 7.20. The highest BCUT2D eigenvalue weighted by molar-refractivity contribution is 5.57. The van der Waals surface area contributed by atoms with E-state index in [4.69, 9.17) is 4.74 Å². The summed E-state index contributed by atoms with van der Waals surface area (Å²) in [5.74, 6) is 1.97. The molecule has 29 heavy (non-hydrogen) atoms. The van der Waals surface area contributed by atoms with Crippen molar-refractivity contribution in [3.8, 4) is 22.9 Å². The fraction of sp³-hybridized carbons (Fsp3) is 0.333. The van der Waals surface area contributed by atoms with Crippen molar-refractivity contribution in [2.45, 2.75) is 39.7 Å². The molecule has 0 amide bonds. The molecule has 8 nitrogen and oxygen atoms in total. The Kier molecular flexibility index (Phi) is 4.70. The monoisotopic (exact) mass is 392 g/mol. The maximum Gasteiger partial charge on any atom is 0.279 e. The molecular weight excluding hydrogens is 368 g/mol. The molecule has 4 aromatic rings. The van der Waals surface area contributed by atoms with Gasteiger partial charge in [-0.05, 0) is 26.0 Å². The third-order valence-electron chi connectivity index (χ3n) is 4.82. The van der Waals surface area contributed by atoms with E-state index in [1.807, 2.05) is 36.9 Å². The summed E-state index contributed by atoms with van der Waals surface area (Å²) in [7, 11) is 1.68. The van der Waals surface area contributed by atoms with Crippen LogP contribution in [0.1, 0.15) is 45.5 Å². The van der Waals surface area contributed by atoms with E-state index in [1.165, 1.54) is 4.57 Å². The number of pyridine rings is 1. The predicted octanol–water partition coefficient (Wildman–Crippen LogP) is 3.79. The Labute approximate surface area is 168 Å². The zero-order chi connectivity index (χ0) is 20.7. The van der Waals surface area contributed by atoms with E-state index >= 15 is 0 Å². The molecule has 0 aliphatic heterocycles. The summed E-state index contributed by atoms with van der Waals surface area (Å²) in [6.07, 6.45) is 8.81. The average Bonchev–Trinajstić information content (AvgIpc) is 3.34. The highest BCUT2D eigenvalue weighted by Gasteiger charge is 2.15. The van der Waals surface area contributed by atoms with Gasteiger partial charge >= 0.3 is 0 Å². The van der Waals surface area contributed by atoms with E-state index in [1.54, 1.807) is 36.2 Å². The molecular formula is C21H24N6O2. The van der Waals surface area contributed by atoms with Crippen molar-refractivity contribution in [3.63, 3.8) is 0 Å². The van der Waals surface area contributed by atoms with Gasteiger partial charge in [-0.2, -0.15) is 5.10 Å². The lowest BCUT2D eigenvalue weighted by atomic mass is 10.2. The van der Waals surface area contributed by atoms with E-state index in [-0.39, 0.29) is 11.5 Å². The van der Waals surface area contributed by atoms with E-state index in [0.29, 0.717) is 23.2 Å². The molecule has 4 heterocycles. The Morgan fingerprint density at radius 1 is 1.00 bits per heavy atom. The number of ether oxygens (including phenoxy) is 1. The number of fused-ring (bicyclic) bond motifs is 1. The van der Waals surface area contributed by atoms with E-state index in [2.05, 4.69) is 28.9 Å². The first-order valence-electron chi connectivity index (χ1n) is 9.60. The molecule has 0 atom stereocenters. The second-order valence-electron chi connectivity index (χ2n) is 7.64. The van der Waals surface area contributed by atoms with Crippen molar-refractivity contribution in [1.29, 1.82) is 0 Å². The minimum Gasteiger partial charge on any atom is -0.438 e. The Balaban J connectivity index is 1.65. The van der Waals surface area contributed by atoms with Crippen molar-refractivity contribution in [2.75, 3.05) is 0 Å². The molecule has 0 aliphatic rings. The molecule has 0 saturated carbocycles. The topological polar surface area (TPSA) is 79.2 Å². The summed E-state index contributed by atoms with van der Waals surface area (Å²) >= 11 is 0. The van der Waals surface area contributed by atoms with Gasteiger partial charge in [0.2, 0.25) is 5.88 Å². The van der Waals surface area contributed by atoms with Gasteiger partial charge in [-0.15, -0.1) is 0 Å². The fourth-order valence-electron chi connectivity index (χ4n) is 3.14. The highest BCUT2D eigenvalue weighted by Crippen LogP contribution is 2.24. The zero-order valence-corrected chi connectivity index (χ0v) is 17.2. The van der Waals surface area contributed by atoms with Crippen LogP contribution < -0.4 is 10.3 Å². The molecule has 0 spiro atoms. The summed E-state index contributed by atoms with van der Waals surface area (Å²) in [5, 5.41) is 4.35. The summed E-state index contributed by atoms with van der Waals surface area (Å²) in [6, 6.07) is 4.01. The third kappa shape index (κ3) is 3.41. The van der Waals surface area contributed by atoms with Crippen molar-refractivity contribution in [1.82, 2.24) is 28.7 Å². The highest BCUT2D eigenvalue weighted by atomic mass is 16.5. The molecule has 0 radical (unpaired) electrons. The Morgan fingerprint density at radius 3 is 2.41 bits per heavy atom. The molecule has 150 valence electrons. The van der Waals surface area contributed by atoms with Gasteiger partial charge in [0.05, 0.1) is 30.5 Å². The number of nitrogens with zero attached hydrogens (tertiary/aromatic N) is 6. The first-order valence-corrected chi connectivity index (χ1v) is 9.60. The van der Waals surface area contributed by atoms with Crippen LogP contribution >= 0.6 is 0 Å². The standard InChI is InChI=1S/C21H24N6O2/c1-13(2)20-23-10-18-21(28)25(5)19(12-26(18)20)29-16-6-7-17(22-9-16)15-8-24-27(11-15)14(3)4/h6-14H,1-5H3. The van der Waals surface area contributed by atoms with Crippen LogP contribution in [-0.4, -0.2) is 28.7 Å². The Hall–Kier alpha value is -3.42. The van der Waals surface area contributed by atoms with Gasteiger partial charge in [-0.1, -0.05) is 13.8 Å². The van der Waals surface area contributed by atoms with Crippen LogP contribution in [0.25, 0.3) is 16.8 Å². The lowest BCUT2D eigenvalue weighted by Gasteiger charge is -2.12. The van der Waals surface area contributed by atoms with Crippen LogP contribution in [-0.2, 0) is 7.05 Å². The van der Waals surface area contributed by atoms with Gasteiger partial charge in [0, 0.05) is 30.8 Å². The second-order valence-corrected chi connectivity index (χ2v) is 7.64. The normalized spacial score (nSPS) is 11.7. The summed E-state index contributed by atoms with van der Waals surface area (Å²) < 4.78 is 11.1. The van der Waals surface area contributed by atoms with Gasteiger partial charge in [0.15, 0.2) is 0 Å². The molecule has 0 aliphatic carbocycles. The molecule has 0 N–H and O–H groups in total. The minimum atomic E-state index is -0.160. The molecule has 0 fully saturated rings. The lowest BCUT2D eigenvalue weighted by Crippen LogP contribution is -2.20. The average molecular weight is 392 g/mol. The van der Waals surface area contributed by atoms with Gasteiger partial charge < -0.3 is 4.74 Å². The summed E-state index contributed by atoms with van der Waals surface area (Å²) in [6.45, 7) is 8.23. The predicted molar refractivity (Wildman–Crippen MR) is 110 cm³/mol. The van der Waals surface area contributed by atoms with Gasteiger partial charge in [0.1, 0.15) is 17.1 Å². The SMILES string of the molecule is CC(C)c1ncc2c(=O)n(C)c(Oc3ccc(-c4cnn(C(C)C)c4)nc3)cn12. The van der Waals surface area contributed by atoms with Crippen molar-refractivity contribution >= 4 is 5.52 Å². The summed E-state index contributed by atoms with van der Waals surface area (Å²) in [5.41, 5.74) is 2.12. The number of imidazole rings is 1. The molecule has 0 saturated heterocycles. The zero-order valence-electron chi connectivity index (χ0n) is 17.2. The van der Waals surface area contributed by atoms with Crippen LogP contribution in [0.15, 0.2) is 47.9 Å². The van der Waals surface area contributed by atoms with Crippen LogP contribution in [0.4, 0.5) is 0 Å². The first kappa shape index (κ1) is 18.9. The molecule has 0 unspecified atom stereocenters. The molecule has 0 bridgehead atoms. The van der Waals surface area contributed by atoms with Crippen molar-refractivity contribution < 1.29 is 4.74 Å². The van der Waals surface area contributed by atoms with Crippen LogP contribution in [0.3, 0.4) is 0 Å². The van der Waals surface area contributed by atoms with Gasteiger partial charge in [-0.25, -0.2) is 4.98 Å². The Bertz CT molecular complexity index is 1210. The molecule has 4 rings (SSSR count). The van der Waals surface area contributed by atoms with E-state index in [0.717, 1.165) is 17.1 Å². The largest absolute Gasteiger partial charge is 0.438 e. The number of aromatic nitrogens is 6.